The molecule has 3 aromatic rings. The summed E-state index contributed by atoms with van der Waals surface area (Å²) in [7, 11) is 0. The molecule has 1 aliphatic rings. The molecule has 1 aliphatic heterocycles. The number of carbonyl (C=O) groups excluding carboxylic acids is 2. The van der Waals surface area contributed by atoms with Gasteiger partial charge in [0, 0.05) is 36.3 Å². The van der Waals surface area contributed by atoms with Crippen molar-refractivity contribution in [3.05, 3.63) is 64.6 Å². The second kappa shape index (κ2) is 8.10. The van der Waals surface area contributed by atoms with Crippen LogP contribution in [0.5, 0.6) is 0 Å². The molecule has 0 unspecified atom stereocenters. The average Bonchev–Trinajstić information content (AvgIpc) is 3.16. The Kier molecular flexibility index (Phi) is 5.35. The van der Waals surface area contributed by atoms with Gasteiger partial charge in [-0.05, 0) is 42.7 Å². The van der Waals surface area contributed by atoms with Crippen LogP contribution in [0.25, 0.3) is 10.8 Å². The molecule has 2 aromatic carbocycles. The van der Waals surface area contributed by atoms with Crippen molar-refractivity contribution >= 4 is 34.0 Å². The van der Waals surface area contributed by atoms with E-state index in [2.05, 4.69) is 10.4 Å². The zero-order valence-electron chi connectivity index (χ0n) is 17.1. The summed E-state index contributed by atoms with van der Waals surface area (Å²) in [6.07, 6.45) is 1.44. The Bertz CT molecular complexity index is 1170. The summed E-state index contributed by atoms with van der Waals surface area (Å²) < 4.78 is 1.37. The summed E-state index contributed by atoms with van der Waals surface area (Å²) in [6.45, 7) is 5.14. The van der Waals surface area contributed by atoms with E-state index in [9.17, 15) is 14.4 Å². The van der Waals surface area contributed by atoms with E-state index >= 15 is 0 Å². The Labute approximate surface area is 174 Å². The lowest BCUT2D eigenvalue weighted by molar-refractivity contribution is -0.117. The van der Waals surface area contributed by atoms with Crippen molar-refractivity contribution in [3.8, 4) is 0 Å². The number of amides is 2. The maximum absolute atomic E-state index is 13.0. The van der Waals surface area contributed by atoms with Crippen molar-refractivity contribution in [1.29, 1.82) is 0 Å². The number of fused-ring (bicyclic) bond motifs is 1. The van der Waals surface area contributed by atoms with Gasteiger partial charge in [0.25, 0.3) is 11.5 Å². The molecular formula is C23H24N4O3. The first-order valence-electron chi connectivity index (χ1n) is 10.2. The predicted molar refractivity (Wildman–Crippen MR) is 117 cm³/mol. The lowest BCUT2D eigenvalue weighted by Gasteiger charge is -2.16. The number of nitrogens with one attached hydrogen (secondary N) is 1. The van der Waals surface area contributed by atoms with Crippen molar-refractivity contribution in [2.24, 2.45) is 5.92 Å². The molecule has 154 valence electrons. The molecular weight excluding hydrogens is 380 g/mol. The second-order valence-electron chi connectivity index (χ2n) is 7.93. The highest BCUT2D eigenvalue weighted by Gasteiger charge is 2.22. The smallest absolute Gasteiger partial charge is 0.276 e. The number of anilines is 2. The van der Waals surface area contributed by atoms with Gasteiger partial charge in [-0.3, -0.25) is 14.4 Å². The summed E-state index contributed by atoms with van der Waals surface area (Å²) in [5.41, 5.74) is 1.44. The minimum atomic E-state index is -0.381. The SMILES string of the molecule is CC(C)Cn1nc(C(=O)Nc2ccc(N3CCCC3=O)cc2)c2ccccc2c1=O. The van der Waals surface area contributed by atoms with Gasteiger partial charge in [-0.1, -0.05) is 32.0 Å². The van der Waals surface area contributed by atoms with E-state index in [0.717, 1.165) is 18.7 Å². The molecule has 7 heteroatoms. The summed E-state index contributed by atoms with van der Waals surface area (Å²) in [4.78, 5) is 39.4. The Morgan fingerprint density at radius 1 is 1.07 bits per heavy atom. The third kappa shape index (κ3) is 3.83. The highest BCUT2D eigenvalue weighted by Crippen LogP contribution is 2.23. The predicted octanol–water partition coefficient (Wildman–Crippen LogP) is 3.43. The number of hydrogen-bond acceptors (Lipinski definition) is 4. The van der Waals surface area contributed by atoms with E-state index in [4.69, 9.17) is 0 Å². The van der Waals surface area contributed by atoms with Crippen LogP contribution in [-0.2, 0) is 11.3 Å². The summed E-state index contributed by atoms with van der Waals surface area (Å²) in [6, 6.07) is 14.2. The lowest BCUT2D eigenvalue weighted by atomic mass is 10.1. The zero-order chi connectivity index (χ0) is 21.3. The third-order valence-corrected chi connectivity index (χ3v) is 5.13. The first kappa shape index (κ1) is 19.8. The van der Waals surface area contributed by atoms with Crippen LogP contribution >= 0.6 is 0 Å². The number of carbonyl (C=O) groups is 2. The monoisotopic (exact) mass is 404 g/mol. The van der Waals surface area contributed by atoms with Gasteiger partial charge in [-0.15, -0.1) is 0 Å². The molecule has 1 N–H and O–H groups in total. The van der Waals surface area contributed by atoms with Gasteiger partial charge in [0.1, 0.15) is 0 Å². The van der Waals surface area contributed by atoms with Crippen LogP contribution in [-0.4, -0.2) is 28.1 Å². The summed E-state index contributed by atoms with van der Waals surface area (Å²) in [5, 5.41) is 8.23. The first-order valence-corrected chi connectivity index (χ1v) is 10.2. The van der Waals surface area contributed by atoms with Gasteiger partial charge in [0.2, 0.25) is 5.91 Å². The molecule has 0 bridgehead atoms. The van der Waals surface area contributed by atoms with Gasteiger partial charge < -0.3 is 10.2 Å². The standard InChI is InChI=1S/C23H24N4O3/c1-15(2)14-27-23(30)19-7-4-3-6-18(19)21(25-27)22(29)24-16-9-11-17(12-10-16)26-13-5-8-20(26)28/h3-4,6-7,9-12,15H,5,8,13-14H2,1-2H3,(H,24,29). The van der Waals surface area contributed by atoms with Crippen LogP contribution in [0.4, 0.5) is 11.4 Å². The molecule has 0 radical (unpaired) electrons. The van der Waals surface area contributed by atoms with E-state index in [1.54, 1.807) is 41.3 Å². The molecule has 4 rings (SSSR count). The highest BCUT2D eigenvalue weighted by molar-refractivity contribution is 6.11. The van der Waals surface area contributed by atoms with Crippen LogP contribution in [0.2, 0.25) is 0 Å². The number of hydrogen-bond donors (Lipinski definition) is 1. The van der Waals surface area contributed by atoms with Crippen molar-refractivity contribution in [2.75, 3.05) is 16.8 Å². The van der Waals surface area contributed by atoms with Crippen LogP contribution in [0.1, 0.15) is 37.2 Å². The number of benzene rings is 2. The fraction of sp³-hybridized carbons (Fsp3) is 0.304. The molecule has 0 spiro atoms. The maximum Gasteiger partial charge on any atom is 0.276 e. The van der Waals surface area contributed by atoms with E-state index in [-0.39, 0.29) is 29.0 Å². The number of nitrogens with zero attached hydrogens (tertiary/aromatic N) is 3. The third-order valence-electron chi connectivity index (χ3n) is 5.13. The Balaban J connectivity index is 1.64. The van der Waals surface area contributed by atoms with Crippen LogP contribution < -0.4 is 15.8 Å². The van der Waals surface area contributed by atoms with Gasteiger partial charge in [-0.2, -0.15) is 5.10 Å². The first-order chi connectivity index (χ1) is 14.4. The van der Waals surface area contributed by atoms with Gasteiger partial charge >= 0.3 is 0 Å². The van der Waals surface area contributed by atoms with E-state index in [1.807, 2.05) is 26.0 Å². The van der Waals surface area contributed by atoms with E-state index in [0.29, 0.717) is 29.4 Å². The second-order valence-corrected chi connectivity index (χ2v) is 7.93. The summed E-state index contributed by atoms with van der Waals surface area (Å²) >= 11 is 0. The Hall–Kier alpha value is -3.48. The van der Waals surface area contributed by atoms with Crippen molar-refractivity contribution in [1.82, 2.24) is 9.78 Å². The normalized spacial score (nSPS) is 14.0. The largest absolute Gasteiger partial charge is 0.321 e. The van der Waals surface area contributed by atoms with E-state index < -0.39 is 0 Å². The highest BCUT2D eigenvalue weighted by atomic mass is 16.2. The molecule has 0 atom stereocenters. The summed E-state index contributed by atoms with van der Waals surface area (Å²) in [5.74, 6) is -0.0447. The van der Waals surface area contributed by atoms with Crippen LogP contribution in [0.15, 0.2) is 53.3 Å². The van der Waals surface area contributed by atoms with Crippen LogP contribution in [0, 0.1) is 5.92 Å². The van der Waals surface area contributed by atoms with Crippen LogP contribution in [0.3, 0.4) is 0 Å². The van der Waals surface area contributed by atoms with Gasteiger partial charge in [-0.25, -0.2) is 4.68 Å². The molecule has 1 saturated heterocycles. The zero-order valence-corrected chi connectivity index (χ0v) is 17.1. The topological polar surface area (TPSA) is 84.3 Å². The minimum Gasteiger partial charge on any atom is -0.321 e. The number of aromatic nitrogens is 2. The fourth-order valence-corrected chi connectivity index (χ4v) is 3.71. The molecule has 2 heterocycles. The molecule has 0 saturated carbocycles. The minimum absolute atomic E-state index is 0.120. The average molecular weight is 404 g/mol. The quantitative estimate of drug-likeness (QED) is 0.706. The lowest BCUT2D eigenvalue weighted by Crippen LogP contribution is -2.29. The molecule has 1 aromatic heterocycles. The molecule has 0 aliphatic carbocycles. The maximum atomic E-state index is 13.0. The fourth-order valence-electron chi connectivity index (χ4n) is 3.71. The molecule has 2 amide bonds. The van der Waals surface area contributed by atoms with Gasteiger partial charge in [0.05, 0.1) is 5.39 Å². The molecule has 1 fully saturated rings. The van der Waals surface area contributed by atoms with Crippen molar-refractivity contribution < 1.29 is 9.59 Å². The van der Waals surface area contributed by atoms with E-state index in [1.165, 1.54) is 4.68 Å². The number of rotatable bonds is 5. The van der Waals surface area contributed by atoms with Crippen molar-refractivity contribution in [3.63, 3.8) is 0 Å². The Morgan fingerprint density at radius 3 is 2.40 bits per heavy atom. The van der Waals surface area contributed by atoms with Crippen molar-refractivity contribution in [2.45, 2.75) is 33.2 Å². The Morgan fingerprint density at radius 2 is 1.77 bits per heavy atom. The van der Waals surface area contributed by atoms with Gasteiger partial charge in [0.15, 0.2) is 5.69 Å². The molecule has 30 heavy (non-hydrogen) atoms. The molecule has 7 nitrogen and oxygen atoms in total.